The zero-order valence-corrected chi connectivity index (χ0v) is 20.0. The van der Waals surface area contributed by atoms with Crippen LogP contribution in [0.2, 0.25) is 0 Å². The van der Waals surface area contributed by atoms with E-state index in [0.29, 0.717) is 28.6 Å². The fraction of sp³-hybridized carbons (Fsp3) is 0.360. The van der Waals surface area contributed by atoms with Gasteiger partial charge in [0.2, 0.25) is 0 Å². The monoisotopic (exact) mass is 491 g/mol. The molecule has 0 saturated carbocycles. The predicted octanol–water partition coefficient (Wildman–Crippen LogP) is 6.58. The number of carbonyl (C=O) groups is 1. The molecule has 2 aromatic carbocycles. The first kappa shape index (κ1) is 25.7. The Morgan fingerprint density at radius 3 is 2.50 bits per heavy atom. The van der Waals surface area contributed by atoms with Crippen LogP contribution in [0.4, 0.5) is 18.9 Å². The lowest BCUT2D eigenvalue weighted by Crippen LogP contribution is -2.30. The Hall–Kier alpha value is -2.91. The summed E-state index contributed by atoms with van der Waals surface area (Å²) in [7, 11) is 0. The summed E-state index contributed by atoms with van der Waals surface area (Å²) in [6.45, 7) is 7.74. The summed E-state index contributed by atoms with van der Waals surface area (Å²) in [6, 6.07) is 12.0. The van der Waals surface area contributed by atoms with Gasteiger partial charge < -0.3 is 10.1 Å². The van der Waals surface area contributed by atoms with Crippen molar-refractivity contribution in [1.82, 2.24) is 9.88 Å². The van der Waals surface area contributed by atoms with Crippen LogP contribution < -0.4 is 10.1 Å². The Kier molecular flexibility index (Phi) is 9.06. The van der Waals surface area contributed by atoms with Crippen molar-refractivity contribution in [1.29, 1.82) is 0 Å². The largest absolute Gasteiger partial charge is 0.492 e. The van der Waals surface area contributed by atoms with Crippen molar-refractivity contribution in [2.24, 2.45) is 0 Å². The average Bonchev–Trinajstić information content (AvgIpc) is 3.30. The highest BCUT2D eigenvalue weighted by Crippen LogP contribution is 2.33. The van der Waals surface area contributed by atoms with Gasteiger partial charge in [-0.3, -0.25) is 9.69 Å². The second-order valence-corrected chi connectivity index (χ2v) is 8.65. The molecule has 0 bridgehead atoms. The molecule has 1 heterocycles. The molecule has 3 aromatic rings. The molecule has 182 valence electrons. The second kappa shape index (κ2) is 12.0. The summed E-state index contributed by atoms with van der Waals surface area (Å²) < 4.78 is 44.8. The number of halogens is 3. The number of alkyl halides is 3. The maximum Gasteiger partial charge on any atom is 0.416 e. The highest BCUT2D eigenvalue weighted by atomic mass is 32.1. The zero-order chi connectivity index (χ0) is 24.6. The molecule has 9 heteroatoms. The molecule has 1 amide bonds. The van der Waals surface area contributed by atoms with Crippen LogP contribution in [0.15, 0.2) is 53.9 Å². The smallest absolute Gasteiger partial charge is 0.416 e. The van der Waals surface area contributed by atoms with Crippen molar-refractivity contribution in [3.05, 3.63) is 65.2 Å². The molecular weight excluding hydrogens is 463 g/mol. The maximum absolute atomic E-state index is 13.0. The zero-order valence-electron chi connectivity index (χ0n) is 19.2. The van der Waals surface area contributed by atoms with Gasteiger partial charge in [-0.1, -0.05) is 32.0 Å². The van der Waals surface area contributed by atoms with E-state index in [0.717, 1.165) is 55.9 Å². The first-order chi connectivity index (χ1) is 16.3. The van der Waals surface area contributed by atoms with E-state index in [9.17, 15) is 18.0 Å². The topological polar surface area (TPSA) is 54.5 Å². The summed E-state index contributed by atoms with van der Waals surface area (Å²) in [5.74, 6) is 0.206. The Morgan fingerprint density at radius 1 is 1.06 bits per heavy atom. The van der Waals surface area contributed by atoms with Gasteiger partial charge >= 0.3 is 6.18 Å². The van der Waals surface area contributed by atoms with E-state index in [-0.39, 0.29) is 5.69 Å². The molecule has 5 nitrogen and oxygen atoms in total. The molecular formula is C25H28F3N3O2S. The lowest BCUT2D eigenvalue weighted by molar-refractivity contribution is -0.137. The molecule has 0 unspecified atom stereocenters. The Morgan fingerprint density at radius 2 is 1.79 bits per heavy atom. The third-order valence-electron chi connectivity index (χ3n) is 5.02. The van der Waals surface area contributed by atoms with Crippen LogP contribution in [-0.4, -0.2) is 42.0 Å². The lowest BCUT2D eigenvalue weighted by Gasteiger charge is -2.21. The summed E-state index contributed by atoms with van der Waals surface area (Å²) in [6.07, 6.45) is -2.26. The normalized spacial score (nSPS) is 11.6. The first-order valence-corrected chi connectivity index (χ1v) is 12.1. The Balaban J connectivity index is 1.61. The number of rotatable bonds is 11. The number of hydrogen-bond acceptors (Lipinski definition) is 5. The molecule has 0 saturated heterocycles. The molecule has 0 fully saturated rings. The van der Waals surface area contributed by atoms with Crippen LogP contribution in [0.3, 0.4) is 0 Å². The number of nitrogens with zero attached hydrogens (tertiary/aromatic N) is 2. The van der Waals surface area contributed by atoms with E-state index < -0.39 is 17.6 Å². The number of ether oxygens (including phenoxy) is 1. The molecule has 0 spiro atoms. The van der Waals surface area contributed by atoms with E-state index in [1.165, 1.54) is 11.4 Å². The molecule has 1 N–H and O–H groups in total. The number of anilines is 1. The minimum atomic E-state index is -4.44. The molecule has 1 aromatic heterocycles. The average molecular weight is 492 g/mol. The van der Waals surface area contributed by atoms with Crippen LogP contribution in [-0.2, 0) is 6.18 Å². The number of aromatic nitrogens is 1. The van der Waals surface area contributed by atoms with Gasteiger partial charge in [0.25, 0.3) is 5.91 Å². The van der Waals surface area contributed by atoms with Crippen molar-refractivity contribution in [2.75, 3.05) is 31.6 Å². The summed E-state index contributed by atoms with van der Waals surface area (Å²) in [5, 5.41) is 4.65. The minimum absolute atomic E-state index is 0.138. The summed E-state index contributed by atoms with van der Waals surface area (Å²) >= 11 is 1.12. The van der Waals surface area contributed by atoms with Crippen LogP contribution in [0.5, 0.6) is 5.75 Å². The summed E-state index contributed by atoms with van der Waals surface area (Å²) in [4.78, 5) is 19.2. The SMILES string of the molecule is CCCN(CCC)CCOc1cccc(NC(=O)c2csc(-c3cccc(C(F)(F)F)c3)n2)c1. The highest BCUT2D eigenvalue weighted by Gasteiger charge is 2.30. The van der Waals surface area contributed by atoms with Crippen molar-refractivity contribution in [3.8, 4) is 16.3 Å². The number of thiazole rings is 1. The molecule has 0 aliphatic rings. The summed E-state index contributed by atoms with van der Waals surface area (Å²) in [5.41, 5.74) is 0.249. The molecule has 0 aliphatic heterocycles. The predicted molar refractivity (Wildman–Crippen MR) is 129 cm³/mol. The van der Waals surface area contributed by atoms with E-state index >= 15 is 0 Å². The minimum Gasteiger partial charge on any atom is -0.492 e. The molecule has 34 heavy (non-hydrogen) atoms. The van der Waals surface area contributed by atoms with Gasteiger partial charge in [0.1, 0.15) is 23.1 Å². The van der Waals surface area contributed by atoms with E-state index in [4.69, 9.17) is 4.74 Å². The molecule has 0 aliphatic carbocycles. The van der Waals surface area contributed by atoms with E-state index in [2.05, 4.69) is 29.0 Å². The van der Waals surface area contributed by atoms with Gasteiger partial charge in [0.05, 0.1) is 5.56 Å². The fourth-order valence-electron chi connectivity index (χ4n) is 3.46. The van der Waals surface area contributed by atoms with Gasteiger partial charge in [-0.15, -0.1) is 11.3 Å². The fourth-order valence-corrected chi connectivity index (χ4v) is 4.26. The highest BCUT2D eigenvalue weighted by molar-refractivity contribution is 7.13. The quantitative estimate of drug-likeness (QED) is 0.329. The van der Waals surface area contributed by atoms with E-state index in [1.807, 2.05) is 6.07 Å². The van der Waals surface area contributed by atoms with Crippen LogP contribution in [0.25, 0.3) is 10.6 Å². The van der Waals surface area contributed by atoms with Gasteiger partial charge in [-0.05, 0) is 50.2 Å². The third-order valence-corrected chi connectivity index (χ3v) is 5.91. The van der Waals surface area contributed by atoms with Crippen LogP contribution in [0, 0.1) is 0 Å². The van der Waals surface area contributed by atoms with Gasteiger partial charge in [-0.25, -0.2) is 4.98 Å². The maximum atomic E-state index is 13.0. The molecule has 3 rings (SSSR count). The molecule has 0 atom stereocenters. The van der Waals surface area contributed by atoms with Gasteiger partial charge in [0, 0.05) is 29.2 Å². The van der Waals surface area contributed by atoms with Crippen molar-refractivity contribution in [3.63, 3.8) is 0 Å². The number of carbonyl (C=O) groups excluding carboxylic acids is 1. The van der Waals surface area contributed by atoms with Gasteiger partial charge in [0.15, 0.2) is 0 Å². The number of benzene rings is 2. The van der Waals surface area contributed by atoms with Crippen molar-refractivity contribution in [2.45, 2.75) is 32.9 Å². The van der Waals surface area contributed by atoms with E-state index in [1.54, 1.807) is 24.3 Å². The van der Waals surface area contributed by atoms with Crippen LogP contribution in [0.1, 0.15) is 42.7 Å². The number of amides is 1. The standard InChI is InChI=1S/C25H28F3N3O2S/c1-3-11-31(12-4-2)13-14-33-21-10-6-9-20(16-21)29-23(32)22-17-34-24(30-22)18-7-5-8-19(15-18)25(26,27)28/h5-10,15-17H,3-4,11-14H2,1-2H3,(H,29,32). The van der Waals surface area contributed by atoms with Crippen molar-refractivity contribution >= 4 is 22.9 Å². The third kappa shape index (κ3) is 7.30. The number of nitrogens with one attached hydrogen (secondary N) is 1. The van der Waals surface area contributed by atoms with Crippen molar-refractivity contribution < 1.29 is 22.7 Å². The van der Waals surface area contributed by atoms with Crippen LogP contribution >= 0.6 is 11.3 Å². The lowest BCUT2D eigenvalue weighted by atomic mass is 10.1. The molecule has 0 radical (unpaired) electrons. The van der Waals surface area contributed by atoms with Gasteiger partial charge in [-0.2, -0.15) is 13.2 Å². The first-order valence-electron chi connectivity index (χ1n) is 11.2. The second-order valence-electron chi connectivity index (χ2n) is 7.79. The Bertz CT molecular complexity index is 1080. The Labute approximate surface area is 201 Å². The number of hydrogen-bond donors (Lipinski definition) is 1.